The Morgan fingerprint density at radius 3 is 3.00 bits per heavy atom. The largest absolute Gasteiger partial charge is 0.376 e. The third kappa shape index (κ3) is 4.62. The molecular formula is C16H24N2O2. The first-order chi connectivity index (χ1) is 9.65. The van der Waals surface area contributed by atoms with Gasteiger partial charge in [0.25, 0.3) is 5.91 Å². The molecule has 0 spiro atoms. The molecule has 1 heterocycles. The van der Waals surface area contributed by atoms with Crippen molar-refractivity contribution in [2.24, 2.45) is 0 Å². The minimum atomic E-state index is -0.0214. The predicted octanol–water partition coefficient (Wildman–Crippen LogP) is 2.09. The highest BCUT2D eigenvalue weighted by atomic mass is 16.5. The van der Waals surface area contributed by atoms with Crippen molar-refractivity contribution in [3.05, 3.63) is 35.4 Å². The van der Waals surface area contributed by atoms with E-state index in [-0.39, 0.29) is 12.0 Å². The lowest BCUT2D eigenvalue weighted by Crippen LogP contribution is -2.31. The number of nitrogens with one attached hydrogen (secondary N) is 2. The highest BCUT2D eigenvalue weighted by molar-refractivity contribution is 5.94. The second kappa shape index (κ2) is 7.41. The highest BCUT2D eigenvalue weighted by Gasteiger charge is 2.16. The summed E-state index contributed by atoms with van der Waals surface area (Å²) in [5, 5.41) is 6.30. The fraction of sp³-hybridized carbons (Fsp3) is 0.562. The summed E-state index contributed by atoms with van der Waals surface area (Å²) < 4.78 is 5.50. The fourth-order valence-electron chi connectivity index (χ4n) is 2.26. The lowest BCUT2D eigenvalue weighted by atomic mass is 10.1. The van der Waals surface area contributed by atoms with Crippen LogP contribution in [0.2, 0.25) is 0 Å². The summed E-state index contributed by atoms with van der Waals surface area (Å²) in [4.78, 5) is 12.1. The van der Waals surface area contributed by atoms with Crippen molar-refractivity contribution in [3.63, 3.8) is 0 Å². The van der Waals surface area contributed by atoms with Crippen molar-refractivity contribution in [2.75, 3.05) is 13.2 Å². The minimum absolute atomic E-state index is 0.0214. The van der Waals surface area contributed by atoms with E-state index < -0.39 is 0 Å². The van der Waals surface area contributed by atoms with Crippen LogP contribution in [0.4, 0.5) is 0 Å². The number of hydrogen-bond donors (Lipinski definition) is 2. The van der Waals surface area contributed by atoms with Crippen LogP contribution >= 0.6 is 0 Å². The molecule has 110 valence electrons. The Bertz CT molecular complexity index is 440. The molecule has 0 bridgehead atoms. The van der Waals surface area contributed by atoms with Gasteiger partial charge in [0, 0.05) is 31.3 Å². The molecule has 0 aliphatic carbocycles. The average molecular weight is 276 g/mol. The van der Waals surface area contributed by atoms with Crippen molar-refractivity contribution in [3.8, 4) is 0 Å². The van der Waals surface area contributed by atoms with Crippen LogP contribution in [0.1, 0.15) is 42.6 Å². The summed E-state index contributed by atoms with van der Waals surface area (Å²) in [6, 6.07) is 8.20. The Morgan fingerprint density at radius 2 is 2.30 bits per heavy atom. The van der Waals surface area contributed by atoms with E-state index in [9.17, 15) is 4.79 Å². The molecule has 1 aromatic rings. The molecule has 0 aromatic heterocycles. The first-order valence-electron chi connectivity index (χ1n) is 7.37. The summed E-state index contributed by atoms with van der Waals surface area (Å²) in [5.74, 6) is -0.0214. The van der Waals surface area contributed by atoms with Crippen LogP contribution in [-0.4, -0.2) is 31.2 Å². The number of carbonyl (C=O) groups is 1. The maximum Gasteiger partial charge on any atom is 0.251 e. The zero-order valence-electron chi connectivity index (χ0n) is 12.3. The number of carbonyl (C=O) groups excluding carboxylic acids is 1. The molecule has 1 amide bonds. The maximum atomic E-state index is 12.1. The van der Waals surface area contributed by atoms with Crippen LogP contribution in [0.3, 0.4) is 0 Å². The first-order valence-corrected chi connectivity index (χ1v) is 7.37. The Labute approximate surface area is 120 Å². The highest BCUT2D eigenvalue weighted by Crippen LogP contribution is 2.11. The maximum absolute atomic E-state index is 12.1. The lowest BCUT2D eigenvalue weighted by molar-refractivity contribution is 0.0857. The first kappa shape index (κ1) is 15.0. The molecular weight excluding hydrogens is 252 g/mol. The smallest absolute Gasteiger partial charge is 0.251 e. The van der Waals surface area contributed by atoms with E-state index in [1.807, 2.05) is 24.3 Å². The number of ether oxygens (including phenoxy) is 1. The predicted molar refractivity (Wildman–Crippen MR) is 79.7 cm³/mol. The molecule has 1 atom stereocenters. The molecule has 2 N–H and O–H groups in total. The molecule has 4 nitrogen and oxygen atoms in total. The molecule has 0 saturated carbocycles. The number of benzene rings is 1. The van der Waals surface area contributed by atoms with Gasteiger partial charge in [0.05, 0.1) is 6.10 Å². The van der Waals surface area contributed by atoms with Gasteiger partial charge in [-0.05, 0) is 30.5 Å². The van der Waals surface area contributed by atoms with Crippen LogP contribution in [-0.2, 0) is 11.3 Å². The van der Waals surface area contributed by atoms with Gasteiger partial charge in [-0.1, -0.05) is 26.0 Å². The van der Waals surface area contributed by atoms with Gasteiger partial charge >= 0.3 is 0 Å². The average Bonchev–Trinajstić information content (AvgIpc) is 2.96. The summed E-state index contributed by atoms with van der Waals surface area (Å²) >= 11 is 0. The molecule has 1 aliphatic heterocycles. The van der Waals surface area contributed by atoms with Gasteiger partial charge in [0.15, 0.2) is 0 Å². The second-order valence-corrected chi connectivity index (χ2v) is 5.58. The van der Waals surface area contributed by atoms with Crippen molar-refractivity contribution in [1.82, 2.24) is 10.6 Å². The molecule has 0 unspecified atom stereocenters. The van der Waals surface area contributed by atoms with E-state index in [0.717, 1.165) is 31.6 Å². The van der Waals surface area contributed by atoms with Gasteiger partial charge in [-0.3, -0.25) is 4.79 Å². The number of rotatable bonds is 6. The number of amides is 1. The molecule has 0 radical (unpaired) electrons. The van der Waals surface area contributed by atoms with Gasteiger partial charge in [-0.2, -0.15) is 0 Å². The van der Waals surface area contributed by atoms with Crippen LogP contribution < -0.4 is 10.6 Å². The van der Waals surface area contributed by atoms with Gasteiger partial charge in [-0.15, -0.1) is 0 Å². The van der Waals surface area contributed by atoms with E-state index in [0.29, 0.717) is 18.2 Å². The minimum Gasteiger partial charge on any atom is -0.376 e. The molecule has 2 rings (SSSR count). The zero-order chi connectivity index (χ0) is 14.4. The second-order valence-electron chi connectivity index (χ2n) is 5.58. The lowest BCUT2D eigenvalue weighted by Gasteiger charge is -2.12. The topological polar surface area (TPSA) is 50.4 Å². The monoisotopic (exact) mass is 276 g/mol. The number of hydrogen-bond acceptors (Lipinski definition) is 3. The van der Waals surface area contributed by atoms with Crippen LogP contribution in [0, 0.1) is 0 Å². The Hall–Kier alpha value is -1.39. The molecule has 4 heteroatoms. The Kier molecular flexibility index (Phi) is 5.56. The fourth-order valence-corrected chi connectivity index (χ4v) is 2.26. The van der Waals surface area contributed by atoms with Gasteiger partial charge in [0.1, 0.15) is 0 Å². The van der Waals surface area contributed by atoms with E-state index in [1.165, 1.54) is 0 Å². The Balaban J connectivity index is 1.86. The zero-order valence-corrected chi connectivity index (χ0v) is 12.3. The standard InChI is InChI=1S/C16H24N2O2/c1-12(2)17-10-13-5-3-6-14(9-13)16(19)18-11-15-7-4-8-20-15/h3,5-6,9,12,15,17H,4,7-8,10-11H2,1-2H3,(H,18,19)/t15-/m1/s1. The van der Waals surface area contributed by atoms with Crippen LogP contribution in [0.25, 0.3) is 0 Å². The van der Waals surface area contributed by atoms with Crippen LogP contribution in [0.5, 0.6) is 0 Å². The summed E-state index contributed by atoms with van der Waals surface area (Å²) in [7, 11) is 0. The van der Waals surface area contributed by atoms with Gasteiger partial charge in [0.2, 0.25) is 0 Å². The van der Waals surface area contributed by atoms with Gasteiger partial charge in [-0.25, -0.2) is 0 Å². The third-order valence-corrected chi connectivity index (χ3v) is 3.42. The summed E-state index contributed by atoms with van der Waals surface area (Å²) in [6.45, 7) is 6.42. The van der Waals surface area contributed by atoms with E-state index in [1.54, 1.807) is 0 Å². The third-order valence-electron chi connectivity index (χ3n) is 3.42. The van der Waals surface area contributed by atoms with Crippen molar-refractivity contribution in [2.45, 2.75) is 45.4 Å². The van der Waals surface area contributed by atoms with Crippen molar-refractivity contribution < 1.29 is 9.53 Å². The molecule has 1 fully saturated rings. The molecule has 1 aliphatic rings. The quantitative estimate of drug-likeness (QED) is 0.836. The SMILES string of the molecule is CC(C)NCc1cccc(C(=O)NC[C@H]2CCCO2)c1. The molecule has 1 aromatic carbocycles. The van der Waals surface area contributed by atoms with Gasteiger partial charge < -0.3 is 15.4 Å². The van der Waals surface area contributed by atoms with Crippen LogP contribution in [0.15, 0.2) is 24.3 Å². The summed E-state index contributed by atoms with van der Waals surface area (Å²) in [6.07, 6.45) is 2.32. The molecule has 1 saturated heterocycles. The normalized spacial score (nSPS) is 18.4. The van der Waals surface area contributed by atoms with E-state index in [2.05, 4.69) is 24.5 Å². The molecule has 20 heavy (non-hydrogen) atoms. The van der Waals surface area contributed by atoms with E-state index in [4.69, 9.17) is 4.74 Å². The Morgan fingerprint density at radius 1 is 1.45 bits per heavy atom. The van der Waals surface area contributed by atoms with Crippen molar-refractivity contribution in [1.29, 1.82) is 0 Å². The van der Waals surface area contributed by atoms with E-state index >= 15 is 0 Å². The summed E-state index contributed by atoms with van der Waals surface area (Å²) in [5.41, 5.74) is 1.84. The van der Waals surface area contributed by atoms with Crippen molar-refractivity contribution >= 4 is 5.91 Å².